The lowest BCUT2D eigenvalue weighted by Crippen LogP contribution is -2.30. The highest BCUT2D eigenvalue weighted by Gasteiger charge is 2.22. The SMILES string of the molecule is Cc1cncc(C(C)Oc2cc(-c3nnn(C4CCNCC4)c3C)cc3ncc(C#N)n23)n1.Cl.Cl. The number of aromatic nitrogens is 7. The van der Waals surface area contributed by atoms with Crippen molar-refractivity contribution in [2.45, 2.75) is 45.8 Å². The van der Waals surface area contributed by atoms with E-state index in [4.69, 9.17) is 4.74 Å². The van der Waals surface area contributed by atoms with Crippen molar-refractivity contribution in [1.82, 2.24) is 39.7 Å². The third kappa shape index (κ3) is 5.07. The largest absolute Gasteiger partial charge is 0.469 e. The Morgan fingerprint density at radius 3 is 2.63 bits per heavy atom. The Hall–Kier alpha value is -3.26. The summed E-state index contributed by atoms with van der Waals surface area (Å²) in [7, 11) is 0. The second-order valence-electron chi connectivity index (χ2n) is 8.33. The Bertz CT molecular complexity index is 1360. The lowest BCUT2D eigenvalue weighted by molar-refractivity contribution is 0.209. The van der Waals surface area contributed by atoms with E-state index in [1.807, 2.05) is 37.6 Å². The molecule has 0 amide bonds. The van der Waals surface area contributed by atoms with Gasteiger partial charge in [0.1, 0.15) is 29.2 Å². The van der Waals surface area contributed by atoms with E-state index in [-0.39, 0.29) is 30.9 Å². The predicted octanol–water partition coefficient (Wildman–Crippen LogP) is 3.78. The summed E-state index contributed by atoms with van der Waals surface area (Å²) in [5, 5.41) is 21.9. The number of imidazole rings is 1. The van der Waals surface area contributed by atoms with Gasteiger partial charge in [0, 0.05) is 17.8 Å². The second kappa shape index (κ2) is 11.0. The summed E-state index contributed by atoms with van der Waals surface area (Å²) in [6, 6.07) is 6.32. The van der Waals surface area contributed by atoms with Crippen molar-refractivity contribution in [1.29, 1.82) is 5.26 Å². The number of rotatable bonds is 5. The van der Waals surface area contributed by atoms with Crippen LogP contribution >= 0.6 is 24.8 Å². The Balaban J connectivity index is 0.00000171. The Morgan fingerprint density at radius 1 is 1.14 bits per heavy atom. The van der Waals surface area contributed by atoms with E-state index in [9.17, 15) is 5.26 Å². The first-order chi connectivity index (χ1) is 16.0. The van der Waals surface area contributed by atoms with Crippen LogP contribution in [-0.2, 0) is 0 Å². The molecule has 1 saturated heterocycles. The fraction of sp³-hybridized carbons (Fsp3) is 0.391. The van der Waals surface area contributed by atoms with Crippen LogP contribution in [0.25, 0.3) is 16.9 Å². The van der Waals surface area contributed by atoms with Crippen LogP contribution < -0.4 is 10.1 Å². The van der Waals surface area contributed by atoms with Gasteiger partial charge in [-0.3, -0.25) is 14.4 Å². The van der Waals surface area contributed by atoms with Gasteiger partial charge >= 0.3 is 0 Å². The number of ether oxygens (including phenoxy) is 1. The summed E-state index contributed by atoms with van der Waals surface area (Å²) in [4.78, 5) is 13.2. The zero-order valence-corrected chi connectivity index (χ0v) is 21.3. The average molecular weight is 516 g/mol. The molecule has 12 heteroatoms. The fourth-order valence-electron chi connectivity index (χ4n) is 4.31. The van der Waals surface area contributed by atoms with Gasteiger partial charge in [-0.15, -0.1) is 29.9 Å². The van der Waals surface area contributed by atoms with Crippen molar-refractivity contribution >= 4 is 30.5 Å². The minimum Gasteiger partial charge on any atom is -0.469 e. The van der Waals surface area contributed by atoms with Crippen LogP contribution in [0.5, 0.6) is 5.88 Å². The zero-order chi connectivity index (χ0) is 22.9. The van der Waals surface area contributed by atoms with Gasteiger partial charge in [0.25, 0.3) is 0 Å². The molecule has 5 heterocycles. The molecule has 1 aliphatic heterocycles. The molecule has 0 bridgehead atoms. The number of piperidine rings is 1. The Morgan fingerprint density at radius 2 is 1.91 bits per heavy atom. The minimum atomic E-state index is -0.378. The van der Waals surface area contributed by atoms with Crippen LogP contribution in [0.1, 0.15) is 54.7 Å². The highest BCUT2D eigenvalue weighted by molar-refractivity contribution is 5.85. The number of nitriles is 1. The van der Waals surface area contributed by atoms with Gasteiger partial charge < -0.3 is 10.1 Å². The molecule has 0 aromatic carbocycles. The maximum atomic E-state index is 9.59. The molecule has 1 atom stereocenters. The van der Waals surface area contributed by atoms with Crippen LogP contribution in [0, 0.1) is 25.2 Å². The van der Waals surface area contributed by atoms with Gasteiger partial charge in [-0.25, -0.2) is 9.67 Å². The smallest absolute Gasteiger partial charge is 0.201 e. The first-order valence-electron chi connectivity index (χ1n) is 11.0. The number of hydrogen-bond acceptors (Lipinski definition) is 8. The summed E-state index contributed by atoms with van der Waals surface area (Å²) in [6.07, 6.45) is 6.61. The van der Waals surface area contributed by atoms with Crippen LogP contribution in [0.3, 0.4) is 0 Å². The summed E-state index contributed by atoms with van der Waals surface area (Å²) in [5.74, 6) is 0.489. The number of nitrogens with zero attached hydrogens (tertiary/aromatic N) is 8. The first-order valence-corrected chi connectivity index (χ1v) is 11.0. The zero-order valence-electron chi connectivity index (χ0n) is 19.7. The minimum absolute atomic E-state index is 0. The van der Waals surface area contributed by atoms with Crippen molar-refractivity contribution in [3.63, 3.8) is 0 Å². The molecule has 1 fully saturated rings. The summed E-state index contributed by atoms with van der Waals surface area (Å²) < 4.78 is 10.0. The molecule has 5 rings (SSSR count). The molecule has 184 valence electrons. The summed E-state index contributed by atoms with van der Waals surface area (Å²) in [6.45, 7) is 7.80. The maximum Gasteiger partial charge on any atom is 0.201 e. The van der Waals surface area contributed by atoms with Gasteiger partial charge in [-0.1, -0.05) is 5.21 Å². The predicted molar refractivity (Wildman–Crippen MR) is 135 cm³/mol. The van der Waals surface area contributed by atoms with Crippen molar-refractivity contribution in [2.24, 2.45) is 0 Å². The van der Waals surface area contributed by atoms with Crippen molar-refractivity contribution in [3.05, 3.63) is 53.5 Å². The van der Waals surface area contributed by atoms with Crippen molar-refractivity contribution in [2.75, 3.05) is 13.1 Å². The van der Waals surface area contributed by atoms with E-state index in [1.54, 1.807) is 23.0 Å². The van der Waals surface area contributed by atoms with E-state index in [0.717, 1.165) is 48.6 Å². The number of halogens is 2. The molecule has 0 aliphatic carbocycles. The fourth-order valence-corrected chi connectivity index (χ4v) is 4.31. The monoisotopic (exact) mass is 515 g/mol. The topological polar surface area (TPSA) is 119 Å². The second-order valence-corrected chi connectivity index (χ2v) is 8.33. The van der Waals surface area contributed by atoms with Gasteiger partial charge in [-0.2, -0.15) is 5.26 Å². The first kappa shape index (κ1) is 26.3. The van der Waals surface area contributed by atoms with E-state index in [2.05, 4.69) is 36.7 Å². The number of nitrogens with one attached hydrogen (secondary N) is 1. The van der Waals surface area contributed by atoms with Crippen LogP contribution in [0.4, 0.5) is 0 Å². The third-order valence-electron chi connectivity index (χ3n) is 6.03. The third-order valence-corrected chi connectivity index (χ3v) is 6.03. The standard InChI is InChI=1S/C23H25N9O.2ClH/c1-14-11-26-13-20(28-14)16(3)33-22-9-17(8-21-27-12-19(10-24)31(21)22)23-15(2)32(30-29-23)18-4-6-25-7-5-18;;/h8-9,11-13,16,18,25H,4-7H2,1-3H3;2*1H. The molecule has 0 spiro atoms. The molecule has 4 aromatic rings. The molecule has 1 unspecified atom stereocenters. The van der Waals surface area contributed by atoms with E-state index < -0.39 is 0 Å². The van der Waals surface area contributed by atoms with Crippen molar-refractivity contribution in [3.8, 4) is 23.2 Å². The van der Waals surface area contributed by atoms with E-state index in [1.165, 1.54) is 0 Å². The lowest BCUT2D eigenvalue weighted by Gasteiger charge is -2.23. The number of hydrogen-bond donors (Lipinski definition) is 1. The molecule has 1 aliphatic rings. The van der Waals surface area contributed by atoms with Crippen LogP contribution in [0.2, 0.25) is 0 Å². The molecule has 0 radical (unpaired) electrons. The number of pyridine rings is 1. The van der Waals surface area contributed by atoms with Crippen molar-refractivity contribution < 1.29 is 4.74 Å². The molecular formula is C23H27Cl2N9O. The molecule has 4 aromatic heterocycles. The van der Waals surface area contributed by atoms with E-state index in [0.29, 0.717) is 29.0 Å². The molecule has 10 nitrogen and oxygen atoms in total. The molecule has 0 saturated carbocycles. The quantitative estimate of drug-likeness (QED) is 0.426. The Kier molecular flexibility index (Phi) is 8.27. The molecule has 35 heavy (non-hydrogen) atoms. The maximum absolute atomic E-state index is 9.59. The lowest BCUT2D eigenvalue weighted by atomic mass is 10.1. The Labute approximate surface area is 215 Å². The van der Waals surface area contributed by atoms with Gasteiger partial charge in [0.15, 0.2) is 0 Å². The van der Waals surface area contributed by atoms with Crippen LogP contribution in [-0.4, -0.2) is 47.4 Å². The van der Waals surface area contributed by atoms with E-state index >= 15 is 0 Å². The number of fused-ring (bicyclic) bond motifs is 1. The summed E-state index contributed by atoms with van der Waals surface area (Å²) >= 11 is 0. The molecular weight excluding hydrogens is 489 g/mol. The highest BCUT2D eigenvalue weighted by atomic mass is 35.5. The molecule has 1 N–H and O–H groups in total. The highest BCUT2D eigenvalue weighted by Crippen LogP contribution is 2.32. The van der Waals surface area contributed by atoms with Crippen LogP contribution in [0.15, 0.2) is 30.7 Å². The van der Waals surface area contributed by atoms with Gasteiger partial charge in [0.2, 0.25) is 5.88 Å². The number of aryl methyl sites for hydroxylation is 1. The average Bonchev–Trinajstić information content (AvgIpc) is 3.43. The van der Waals surface area contributed by atoms with Gasteiger partial charge in [0.05, 0.1) is 35.5 Å². The van der Waals surface area contributed by atoms with Gasteiger partial charge in [-0.05, 0) is 52.8 Å². The normalized spacial score (nSPS) is 14.6. The summed E-state index contributed by atoms with van der Waals surface area (Å²) in [5.41, 5.74) is 5.15.